The molecule has 0 fully saturated rings. The van der Waals surface area contributed by atoms with Crippen LogP contribution in [0, 0.1) is 0 Å². The molecule has 1 heterocycles. The normalized spacial score (nSPS) is 13.6. The van der Waals surface area contributed by atoms with Crippen LogP contribution in [0.3, 0.4) is 0 Å². The van der Waals surface area contributed by atoms with Crippen molar-refractivity contribution in [2.75, 3.05) is 12.4 Å². The predicted octanol–water partition coefficient (Wildman–Crippen LogP) is 3.34. The molecule has 1 aromatic rings. The van der Waals surface area contributed by atoms with Gasteiger partial charge in [0, 0.05) is 21.0 Å². The maximum absolute atomic E-state index is 11.2. The molecule has 1 aromatic heterocycles. The lowest BCUT2D eigenvalue weighted by Gasteiger charge is -2.06. The minimum absolute atomic E-state index is 0.169. The highest BCUT2D eigenvalue weighted by molar-refractivity contribution is 7.99. The lowest BCUT2D eigenvalue weighted by Crippen LogP contribution is -2.04. The summed E-state index contributed by atoms with van der Waals surface area (Å²) in [6.07, 6.45) is 1.64. The second-order valence-corrected chi connectivity index (χ2v) is 4.66. The smallest absolute Gasteiger partial charge is 0.306 e. The number of ether oxygens (including phenoxy) is 1. The molecule has 0 bridgehead atoms. The zero-order valence-electron chi connectivity index (χ0n) is 12.5. The van der Waals surface area contributed by atoms with Gasteiger partial charge in [-0.15, -0.1) is 11.8 Å². The first-order valence-electron chi connectivity index (χ1n) is 6.75. The maximum Gasteiger partial charge on any atom is 0.306 e. The first kappa shape index (κ1) is 10.2. The summed E-state index contributed by atoms with van der Waals surface area (Å²) in [6.45, 7) is 0.0129. The molecule has 1 rings (SSSR count). The summed E-state index contributed by atoms with van der Waals surface area (Å²) < 4.78 is 26.6. The Labute approximate surface area is 115 Å². The van der Waals surface area contributed by atoms with Crippen molar-refractivity contribution < 1.29 is 13.6 Å². The summed E-state index contributed by atoms with van der Waals surface area (Å²) in [5.41, 5.74) is 0.354. The fourth-order valence-corrected chi connectivity index (χ4v) is 2.41. The molecule has 0 aliphatic rings. The zero-order chi connectivity index (χ0) is 15.2. The number of hydrogen-bond acceptors (Lipinski definition) is 4. The molecule has 0 aliphatic heterocycles. The largest absolute Gasteiger partial charge is 0.466 e. The van der Waals surface area contributed by atoms with E-state index < -0.39 is 6.85 Å². The molecule has 0 saturated heterocycles. The SMILES string of the molecule is [2H]C([2H])([2H])Cc1nccc(SCCC(=O)OCC)c1Cl. The predicted molar refractivity (Wildman–Crippen MR) is 70.6 cm³/mol. The number of aromatic nitrogens is 1. The Morgan fingerprint density at radius 3 is 3.24 bits per heavy atom. The van der Waals surface area contributed by atoms with Crippen LogP contribution < -0.4 is 0 Å². The van der Waals surface area contributed by atoms with Crippen LogP contribution >= 0.6 is 23.4 Å². The third-order valence-corrected chi connectivity index (χ3v) is 3.56. The summed E-state index contributed by atoms with van der Waals surface area (Å²) >= 11 is 7.53. The molecule has 3 nitrogen and oxygen atoms in total. The van der Waals surface area contributed by atoms with E-state index in [0.717, 1.165) is 4.90 Å². The number of hydrogen-bond donors (Lipinski definition) is 0. The Kier molecular flexibility index (Phi) is 4.54. The quantitative estimate of drug-likeness (QED) is 0.590. The zero-order valence-corrected chi connectivity index (χ0v) is 11.1. The molecular weight excluding hydrogens is 258 g/mol. The Balaban J connectivity index is 2.63. The Bertz CT molecular complexity index is 469. The average Bonchev–Trinajstić information content (AvgIpc) is 2.32. The number of halogens is 1. The summed E-state index contributed by atoms with van der Waals surface area (Å²) in [6, 6.07) is 1.71. The van der Waals surface area contributed by atoms with Crippen LogP contribution in [0.25, 0.3) is 0 Å². The van der Waals surface area contributed by atoms with Gasteiger partial charge in [-0.05, 0) is 19.4 Å². The second kappa shape index (κ2) is 7.56. The molecule has 5 heteroatoms. The number of rotatable bonds is 6. The fourth-order valence-electron chi connectivity index (χ4n) is 1.18. The van der Waals surface area contributed by atoms with Crippen molar-refractivity contribution in [3.63, 3.8) is 0 Å². The van der Waals surface area contributed by atoms with Gasteiger partial charge in [0.1, 0.15) is 0 Å². The highest BCUT2D eigenvalue weighted by Gasteiger charge is 2.08. The van der Waals surface area contributed by atoms with E-state index in [4.69, 9.17) is 20.5 Å². The highest BCUT2D eigenvalue weighted by atomic mass is 35.5. The first-order valence-corrected chi connectivity index (χ1v) is 6.61. The molecule has 17 heavy (non-hydrogen) atoms. The number of thioether (sulfide) groups is 1. The standard InChI is InChI=1S/C12H16ClNO2S/c1-3-9-12(13)10(5-7-14-9)17-8-6-11(15)16-4-2/h5,7H,3-4,6,8H2,1-2H3/i1D3. The van der Waals surface area contributed by atoms with Crippen LogP contribution in [-0.2, 0) is 16.0 Å². The number of aryl methyl sites for hydroxylation is 1. The lowest BCUT2D eigenvalue weighted by molar-refractivity contribution is -0.142. The van der Waals surface area contributed by atoms with Crippen LogP contribution in [0.4, 0.5) is 0 Å². The maximum atomic E-state index is 11.2. The molecule has 0 amide bonds. The topological polar surface area (TPSA) is 39.2 Å². The van der Waals surface area contributed by atoms with E-state index in [1.165, 1.54) is 18.0 Å². The fraction of sp³-hybridized carbons (Fsp3) is 0.500. The Morgan fingerprint density at radius 1 is 1.71 bits per heavy atom. The van der Waals surface area contributed by atoms with Gasteiger partial charge in [-0.2, -0.15) is 0 Å². The minimum Gasteiger partial charge on any atom is -0.466 e. The van der Waals surface area contributed by atoms with Crippen molar-refractivity contribution in [1.29, 1.82) is 0 Å². The molecule has 0 spiro atoms. The Hall–Kier alpha value is -0.740. The highest BCUT2D eigenvalue weighted by Crippen LogP contribution is 2.29. The average molecular weight is 277 g/mol. The second-order valence-electron chi connectivity index (χ2n) is 3.15. The van der Waals surface area contributed by atoms with Gasteiger partial charge in [-0.3, -0.25) is 9.78 Å². The van der Waals surface area contributed by atoms with Gasteiger partial charge >= 0.3 is 5.97 Å². The number of pyridine rings is 1. The summed E-state index contributed by atoms with van der Waals surface area (Å²) in [5.74, 6) is 0.267. The number of carbonyl (C=O) groups is 1. The molecule has 0 N–H and O–H groups in total. The van der Waals surface area contributed by atoms with Crippen molar-refractivity contribution in [3.8, 4) is 0 Å². The van der Waals surface area contributed by atoms with E-state index in [1.807, 2.05) is 0 Å². The molecule has 94 valence electrons. The van der Waals surface area contributed by atoms with Gasteiger partial charge in [-0.25, -0.2) is 0 Å². The van der Waals surface area contributed by atoms with Gasteiger partial charge in [0.2, 0.25) is 0 Å². The molecule has 0 atom stereocenters. The van der Waals surface area contributed by atoms with Crippen molar-refractivity contribution in [1.82, 2.24) is 4.98 Å². The molecule has 0 unspecified atom stereocenters. The van der Waals surface area contributed by atoms with Gasteiger partial charge in [0.15, 0.2) is 0 Å². The summed E-state index contributed by atoms with van der Waals surface area (Å²) in [4.78, 5) is 15.9. The van der Waals surface area contributed by atoms with Crippen LogP contribution in [0.5, 0.6) is 0 Å². The number of esters is 1. The van der Waals surface area contributed by atoms with Crippen LogP contribution in [0.15, 0.2) is 17.2 Å². The van der Waals surface area contributed by atoms with E-state index in [-0.39, 0.29) is 18.8 Å². The molecule has 0 aromatic carbocycles. The number of carbonyl (C=O) groups excluding carboxylic acids is 1. The molecule has 0 aliphatic carbocycles. The van der Waals surface area contributed by atoms with E-state index in [2.05, 4.69) is 4.98 Å². The van der Waals surface area contributed by atoms with Gasteiger partial charge in [0.05, 0.1) is 23.7 Å². The van der Waals surface area contributed by atoms with Crippen LogP contribution in [0.2, 0.25) is 5.02 Å². The lowest BCUT2D eigenvalue weighted by atomic mass is 10.3. The van der Waals surface area contributed by atoms with Gasteiger partial charge in [0.25, 0.3) is 0 Å². The Morgan fingerprint density at radius 2 is 2.53 bits per heavy atom. The van der Waals surface area contributed by atoms with Crippen LogP contribution in [0.1, 0.15) is 30.0 Å². The first-order chi connectivity index (χ1) is 9.33. The van der Waals surface area contributed by atoms with Gasteiger partial charge in [-0.1, -0.05) is 18.5 Å². The van der Waals surface area contributed by atoms with E-state index in [1.54, 1.807) is 13.0 Å². The molecule has 0 radical (unpaired) electrons. The van der Waals surface area contributed by atoms with Crippen molar-refractivity contribution >= 4 is 29.3 Å². The summed E-state index contributed by atoms with van der Waals surface area (Å²) in [7, 11) is 0. The third-order valence-electron chi connectivity index (χ3n) is 1.96. The summed E-state index contributed by atoms with van der Waals surface area (Å²) in [5, 5.41) is 0.345. The molecule has 0 saturated carbocycles. The van der Waals surface area contributed by atoms with E-state index >= 15 is 0 Å². The van der Waals surface area contributed by atoms with E-state index in [9.17, 15) is 4.79 Å². The van der Waals surface area contributed by atoms with Gasteiger partial charge < -0.3 is 4.74 Å². The monoisotopic (exact) mass is 276 g/mol. The minimum atomic E-state index is -2.11. The van der Waals surface area contributed by atoms with Crippen molar-refractivity contribution in [2.45, 2.75) is 31.5 Å². The van der Waals surface area contributed by atoms with Crippen molar-refractivity contribution in [3.05, 3.63) is 23.0 Å². The van der Waals surface area contributed by atoms with Crippen LogP contribution in [-0.4, -0.2) is 23.3 Å². The number of nitrogens with zero attached hydrogens (tertiary/aromatic N) is 1. The molecular formula is C12H16ClNO2S. The van der Waals surface area contributed by atoms with Crippen molar-refractivity contribution in [2.24, 2.45) is 0 Å². The van der Waals surface area contributed by atoms with E-state index in [0.29, 0.717) is 23.1 Å². The third kappa shape index (κ3) is 4.56.